The van der Waals surface area contributed by atoms with Gasteiger partial charge in [0.2, 0.25) is 0 Å². The van der Waals surface area contributed by atoms with Crippen molar-refractivity contribution in [1.29, 1.82) is 0 Å². The number of unbranched alkanes of at least 4 members (excludes halogenated alkanes) is 14. The summed E-state index contributed by atoms with van der Waals surface area (Å²) < 4.78 is 10.1. The van der Waals surface area contributed by atoms with Crippen molar-refractivity contribution in [2.75, 3.05) is 23.8 Å². The molecule has 0 saturated heterocycles. The molecule has 0 heterocycles. The molecule has 2 amide bonds. The fourth-order valence-electron chi connectivity index (χ4n) is 4.66. The number of rotatable bonds is 22. The standard InChI is InChI=1S/2C18H27NO5.Zn/c2*1-2-3-4-5-6-7-8-9-12-24-18(23)19-14-10-11-15(17(21)22)16(20)13-14;/h2*10-11,13,20H,2-9,12H2,1H3,(H,19,23)(H,21,22);/q;;+2/p-2. The molecule has 0 aliphatic heterocycles. The van der Waals surface area contributed by atoms with Crippen LogP contribution in [0.4, 0.5) is 21.0 Å². The van der Waals surface area contributed by atoms with Crippen LogP contribution in [0.2, 0.25) is 0 Å². The van der Waals surface area contributed by atoms with Gasteiger partial charge in [0.1, 0.15) is 0 Å². The average Bonchev–Trinajstić information content (AvgIpc) is 3.03. The first-order valence-corrected chi connectivity index (χ1v) is 17.0. The number of carboxylic acids is 2. The quantitative estimate of drug-likeness (QED) is 0.0674. The number of ether oxygens (including phenoxy) is 2. The molecule has 0 aliphatic rings. The smallest absolute Gasteiger partial charge is 0.872 e. The first-order chi connectivity index (χ1) is 23.1. The van der Waals surface area contributed by atoms with Crippen molar-refractivity contribution in [2.24, 2.45) is 0 Å². The Bertz CT molecular complexity index is 1160. The van der Waals surface area contributed by atoms with E-state index in [2.05, 4.69) is 24.5 Å². The molecule has 4 N–H and O–H groups in total. The van der Waals surface area contributed by atoms with E-state index in [1.54, 1.807) is 0 Å². The second kappa shape index (κ2) is 28.0. The van der Waals surface area contributed by atoms with Crippen LogP contribution < -0.4 is 20.8 Å². The number of aromatic carboxylic acids is 2. The summed E-state index contributed by atoms with van der Waals surface area (Å²) in [4.78, 5) is 44.7. The Kier molecular flexibility index (Phi) is 25.8. The van der Waals surface area contributed by atoms with Gasteiger partial charge in [0, 0.05) is 11.4 Å². The molecule has 0 fully saturated rings. The van der Waals surface area contributed by atoms with Crippen LogP contribution in [-0.2, 0) is 29.0 Å². The van der Waals surface area contributed by atoms with Crippen LogP contribution in [0.15, 0.2) is 36.4 Å². The molecular formula is C36H52N2O10Zn. The van der Waals surface area contributed by atoms with E-state index in [-0.39, 0.29) is 42.0 Å². The van der Waals surface area contributed by atoms with Crippen LogP contribution >= 0.6 is 0 Å². The fraction of sp³-hybridized carbons (Fsp3) is 0.556. The van der Waals surface area contributed by atoms with Gasteiger partial charge in [-0.15, -0.1) is 0 Å². The predicted molar refractivity (Wildman–Crippen MR) is 181 cm³/mol. The van der Waals surface area contributed by atoms with E-state index in [0.29, 0.717) is 13.2 Å². The molecule has 0 aliphatic carbocycles. The number of carbonyl (C=O) groups is 4. The molecule has 268 valence electrons. The van der Waals surface area contributed by atoms with Gasteiger partial charge in [-0.05, 0) is 49.2 Å². The summed E-state index contributed by atoms with van der Waals surface area (Å²) >= 11 is 0. The number of carbonyl (C=O) groups excluding carboxylic acids is 2. The number of anilines is 2. The Morgan fingerprint density at radius 2 is 0.857 bits per heavy atom. The third-order valence-electron chi connectivity index (χ3n) is 7.38. The van der Waals surface area contributed by atoms with Gasteiger partial charge in [0.15, 0.2) is 0 Å². The summed E-state index contributed by atoms with van der Waals surface area (Å²) in [5.41, 5.74) is -0.197. The molecule has 0 spiro atoms. The van der Waals surface area contributed by atoms with E-state index in [0.717, 1.165) is 50.7 Å². The van der Waals surface area contributed by atoms with Gasteiger partial charge in [-0.1, -0.05) is 115 Å². The molecule has 0 atom stereocenters. The number of carboxylic acid groups (broad SMARTS) is 2. The van der Waals surface area contributed by atoms with Crippen molar-refractivity contribution in [3.63, 3.8) is 0 Å². The normalized spacial score (nSPS) is 10.2. The van der Waals surface area contributed by atoms with Crippen molar-refractivity contribution < 1.29 is 68.6 Å². The number of benzene rings is 2. The SMILES string of the molecule is CCCCCCCCCCOC(=O)Nc1ccc(C(=O)O)c([O-])c1.CCCCCCCCCCOC(=O)Nc1ccc(C(=O)O)c([O-])c1.[Zn+2]. The average molecular weight is 738 g/mol. The van der Waals surface area contributed by atoms with Crippen molar-refractivity contribution >= 4 is 35.5 Å². The molecule has 12 nitrogen and oxygen atoms in total. The number of hydrogen-bond donors (Lipinski definition) is 4. The molecule has 49 heavy (non-hydrogen) atoms. The van der Waals surface area contributed by atoms with Gasteiger partial charge < -0.3 is 29.9 Å². The second-order valence-electron chi connectivity index (χ2n) is 11.5. The van der Waals surface area contributed by atoms with Crippen molar-refractivity contribution in [3.8, 4) is 11.5 Å². The number of nitrogens with one attached hydrogen (secondary N) is 2. The molecule has 13 heteroatoms. The molecule has 0 aromatic heterocycles. The predicted octanol–water partition coefficient (Wildman–Crippen LogP) is 8.29. The molecule has 0 saturated carbocycles. The second-order valence-corrected chi connectivity index (χ2v) is 11.5. The zero-order valence-electron chi connectivity index (χ0n) is 29.1. The fourth-order valence-corrected chi connectivity index (χ4v) is 4.66. The molecular weight excluding hydrogens is 686 g/mol. The van der Waals surface area contributed by atoms with Crippen molar-refractivity contribution in [1.82, 2.24) is 0 Å². The third kappa shape index (κ3) is 21.7. The molecule has 0 unspecified atom stereocenters. The van der Waals surface area contributed by atoms with Crippen LogP contribution in [0.5, 0.6) is 11.5 Å². The zero-order valence-corrected chi connectivity index (χ0v) is 32.0. The van der Waals surface area contributed by atoms with Crippen molar-refractivity contribution in [3.05, 3.63) is 47.5 Å². The van der Waals surface area contributed by atoms with Crippen LogP contribution in [0, 0.1) is 0 Å². The van der Waals surface area contributed by atoms with Gasteiger partial charge in [-0.3, -0.25) is 10.6 Å². The van der Waals surface area contributed by atoms with E-state index in [1.165, 1.54) is 88.5 Å². The summed E-state index contributed by atoms with van der Waals surface area (Å²) in [6, 6.07) is 7.20. The van der Waals surface area contributed by atoms with Crippen molar-refractivity contribution in [2.45, 2.75) is 117 Å². The Hall–Kier alpha value is -3.86. The third-order valence-corrected chi connectivity index (χ3v) is 7.38. The molecule has 0 radical (unpaired) electrons. The summed E-state index contributed by atoms with van der Waals surface area (Å²) in [5, 5.41) is 45.4. The topological polar surface area (TPSA) is 197 Å². The summed E-state index contributed by atoms with van der Waals surface area (Å²) in [7, 11) is 0. The molecule has 2 aromatic carbocycles. The first-order valence-electron chi connectivity index (χ1n) is 17.0. The molecule has 0 bridgehead atoms. The monoisotopic (exact) mass is 736 g/mol. The molecule has 2 rings (SSSR count). The minimum absolute atomic E-state index is 0. The van der Waals surface area contributed by atoms with Crippen LogP contribution in [-0.4, -0.2) is 47.6 Å². The van der Waals surface area contributed by atoms with Gasteiger partial charge in [0.25, 0.3) is 0 Å². The van der Waals surface area contributed by atoms with E-state index >= 15 is 0 Å². The molecule has 2 aromatic rings. The Balaban J connectivity index is 0.000000922. The summed E-state index contributed by atoms with van der Waals surface area (Å²) in [6.45, 7) is 5.05. The summed E-state index contributed by atoms with van der Waals surface area (Å²) in [5.74, 6) is -3.88. The van der Waals surface area contributed by atoms with Gasteiger partial charge in [0.05, 0.1) is 24.3 Å². The maximum absolute atomic E-state index is 11.6. The van der Waals surface area contributed by atoms with E-state index in [9.17, 15) is 29.4 Å². The van der Waals surface area contributed by atoms with Crippen LogP contribution in [0.25, 0.3) is 0 Å². The maximum Gasteiger partial charge on any atom is 2.00 e. The number of hydrogen-bond acceptors (Lipinski definition) is 8. The minimum Gasteiger partial charge on any atom is -0.872 e. The van der Waals surface area contributed by atoms with Crippen LogP contribution in [0.3, 0.4) is 0 Å². The van der Waals surface area contributed by atoms with Crippen LogP contribution in [0.1, 0.15) is 137 Å². The summed E-state index contributed by atoms with van der Waals surface area (Å²) in [6.07, 6.45) is 17.3. The minimum atomic E-state index is -1.29. The largest absolute Gasteiger partial charge is 2.00 e. The first kappa shape index (κ1) is 45.1. The zero-order chi connectivity index (χ0) is 35.6. The van der Waals surface area contributed by atoms with E-state index in [1.807, 2.05) is 0 Å². The maximum atomic E-state index is 11.6. The van der Waals surface area contributed by atoms with Gasteiger partial charge in [-0.2, -0.15) is 0 Å². The van der Waals surface area contributed by atoms with E-state index < -0.39 is 35.6 Å². The Morgan fingerprint density at radius 3 is 1.14 bits per heavy atom. The van der Waals surface area contributed by atoms with Gasteiger partial charge >= 0.3 is 43.6 Å². The van der Waals surface area contributed by atoms with Gasteiger partial charge in [-0.25, -0.2) is 19.2 Å². The number of amides is 2. The Morgan fingerprint density at radius 1 is 0.551 bits per heavy atom. The van der Waals surface area contributed by atoms with E-state index in [4.69, 9.17) is 19.7 Å². The Labute approximate surface area is 302 Å².